The zero-order chi connectivity index (χ0) is 41.9. The van der Waals surface area contributed by atoms with Gasteiger partial charge in [-0.3, -0.25) is 18.6 Å². The lowest BCUT2D eigenvalue weighted by Crippen LogP contribution is -2.29. The average molecular weight is 829 g/mol. The summed E-state index contributed by atoms with van der Waals surface area (Å²) in [5, 5.41) is 18.3. The van der Waals surface area contributed by atoms with E-state index in [0.29, 0.717) is 12.8 Å². The van der Waals surface area contributed by atoms with Crippen molar-refractivity contribution in [3.8, 4) is 0 Å². The van der Waals surface area contributed by atoms with E-state index in [-0.39, 0.29) is 19.4 Å². The normalized spacial score (nSPS) is 14.1. The zero-order valence-corrected chi connectivity index (χ0v) is 37.2. The first-order valence-electron chi connectivity index (χ1n) is 22.9. The van der Waals surface area contributed by atoms with E-state index in [2.05, 4.69) is 54.8 Å². The zero-order valence-electron chi connectivity index (χ0n) is 36.3. The van der Waals surface area contributed by atoms with Crippen LogP contribution in [-0.4, -0.2) is 65.7 Å². The van der Waals surface area contributed by atoms with Crippen molar-refractivity contribution in [2.75, 3.05) is 26.4 Å². The average Bonchev–Trinajstić information content (AvgIpc) is 3.20. The van der Waals surface area contributed by atoms with Crippen LogP contribution in [0.1, 0.15) is 206 Å². The number of allylic oxidation sites excluding steroid dienone is 6. The van der Waals surface area contributed by atoms with E-state index < -0.39 is 51.8 Å². The number of unbranched alkanes of at least 4 members (excludes halogenated alkanes) is 23. The highest BCUT2D eigenvalue weighted by Gasteiger charge is 2.27. The molecule has 1 unspecified atom stereocenters. The maximum atomic E-state index is 12.6. The molecule has 0 aromatic heterocycles. The first kappa shape index (κ1) is 55.2. The summed E-state index contributed by atoms with van der Waals surface area (Å²) in [6.07, 6.45) is 44.3. The summed E-state index contributed by atoms with van der Waals surface area (Å²) in [4.78, 5) is 34.9. The highest BCUT2D eigenvalue weighted by molar-refractivity contribution is 7.47. The molecule has 0 rings (SSSR count). The Morgan fingerprint density at radius 2 is 0.912 bits per heavy atom. The highest BCUT2D eigenvalue weighted by Crippen LogP contribution is 2.43. The van der Waals surface area contributed by atoms with Gasteiger partial charge in [-0.15, -0.1) is 0 Å². The lowest BCUT2D eigenvalue weighted by Gasteiger charge is -2.20. The van der Waals surface area contributed by atoms with Crippen LogP contribution < -0.4 is 0 Å². The van der Waals surface area contributed by atoms with Crippen LogP contribution in [0.2, 0.25) is 0 Å². The van der Waals surface area contributed by atoms with E-state index in [1.54, 1.807) is 0 Å². The quantitative estimate of drug-likeness (QED) is 0.0235. The number of aliphatic hydroxyl groups excluding tert-OH is 2. The SMILES string of the molecule is CCCC/C=C/CCCCCCCC(=O)O[C@@H](COC(=O)CCC/C=C/CC/C=C/CCCCCCCCCCCCCCCC)COP(=O)(O)OC[C@H](O)CO. The number of phosphoric acid groups is 1. The minimum atomic E-state index is -4.62. The van der Waals surface area contributed by atoms with Crippen LogP contribution in [0.4, 0.5) is 0 Å². The second-order valence-electron chi connectivity index (χ2n) is 15.4. The third-order valence-electron chi connectivity index (χ3n) is 9.74. The predicted molar refractivity (Wildman–Crippen MR) is 233 cm³/mol. The number of carbonyl (C=O) groups is 2. The topological polar surface area (TPSA) is 149 Å². The molecule has 0 aliphatic rings. The van der Waals surface area contributed by atoms with Crippen molar-refractivity contribution in [2.24, 2.45) is 0 Å². The molecule has 0 radical (unpaired) electrons. The second-order valence-corrected chi connectivity index (χ2v) is 16.9. The van der Waals surface area contributed by atoms with Crippen molar-refractivity contribution in [2.45, 2.75) is 219 Å². The fourth-order valence-electron chi connectivity index (χ4n) is 6.17. The van der Waals surface area contributed by atoms with E-state index in [9.17, 15) is 24.2 Å². The van der Waals surface area contributed by atoms with Gasteiger partial charge in [0.2, 0.25) is 0 Å². The number of aliphatic hydroxyl groups is 2. The Hall–Kier alpha value is -1.81. The number of carbonyl (C=O) groups excluding carboxylic acids is 2. The molecular formula is C46H85O10P. The lowest BCUT2D eigenvalue weighted by atomic mass is 10.0. The maximum Gasteiger partial charge on any atom is 0.472 e. The van der Waals surface area contributed by atoms with Crippen molar-refractivity contribution in [3.05, 3.63) is 36.5 Å². The third kappa shape index (κ3) is 42.1. The van der Waals surface area contributed by atoms with Gasteiger partial charge in [-0.25, -0.2) is 4.57 Å². The molecule has 3 N–H and O–H groups in total. The van der Waals surface area contributed by atoms with Gasteiger partial charge in [0, 0.05) is 12.8 Å². The molecule has 0 aromatic carbocycles. The molecular weight excluding hydrogens is 743 g/mol. The highest BCUT2D eigenvalue weighted by atomic mass is 31.2. The van der Waals surface area contributed by atoms with Crippen molar-refractivity contribution in [3.63, 3.8) is 0 Å². The standard InChI is InChI=1S/C46H85O10P/c1-3-5-7-9-11-13-15-16-17-18-19-20-21-22-23-24-25-26-28-29-31-33-35-37-45(49)53-41-44(42-55-57(51,52)54-40-43(48)39-47)56-46(50)38-36-34-32-30-27-14-12-10-8-6-4-2/h10,12,24-25,29,31,43-44,47-48H,3-9,11,13-23,26-28,30,32-42H2,1-2H3,(H,51,52)/b12-10+,25-24+,31-29+/t43-,44+/m1/s1. The largest absolute Gasteiger partial charge is 0.472 e. The van der Waals surface area contributed by atoms with Crippen molar-refractivity contribution >= 4 is 19.8 Å². The van der Waals surface area contributed by atoms with Gasteiger partial charge in [0.15, 0.2) is 6.10 Å². The van der Waals surface area contributed by atoms with Crippen LogP contribution >= 0.6 is 7.82 Å². The summed E-state index contributed by atoms with van der Waals surface area (Å²) in [5.41, 5.74) is 0. The monoisotopic (exact) mass is 829 g/mol. The van der Waals surface area contributed by atoms with Crippen LogP contribution in [0.5, 0.6) is 0 Å². The molecule has 0 bridgehead atoms. The van der Waals surface area contributed by atoms with E-state index in [1.165, 1.54) is 103 Å². The Labute approximate surface area is 348 Å². The molecule has 57 heavy (non-hydrogen) atoms. The Morgan fingerprint density at radius 1 is 0.509 bits per heavy atom. The molecule has 0 amide bonds. The lowest BCUT2D eigenvalue weighted by molar-refractivity contribution is -0.161. The second kappa shape index (κ2) is 42.3. The van der Waals surface area contributed by atoms with Gasteiger partial charge in [0.1, 0.15) is 12.7 Å². The number of ether oxygens (including phenoxy) is 2. The molecule has 0 aromatic rings. The van der Waals surface area contributed by atoms with Crippen molar-refractivity contribution < 1.29 is 47.8 Å². The first-order chi connectivity index (χ1) is 27.7. The first-order valence-corrected chi connectivity index (χ1v) is 24.4. The van der Waals surface area contributed by atoms with Gasteiger partial charge in [0.25, 0.3) is 0 Å². The predicted octanol–water partition coefficient (Wildman–Crippen LogP) is 12.3. The Bertz CT molecular complexity index is 1050. The number of esters is 2. The summed E-state index contributed by atoms with van der Waals surface area (Å²) in [6, 6.07) is 0. The van der Waals surface area contributed by atoms with Crippen molar-refractivity contribution in [1.29, 1.82) is 0 Å². The van der Waals surface area contributed by atoms with Crippen LogP contribution in [0, 0.1) is 0 Å². The molecule has 0 aliphatic heterocycles. The summed E-state index contributed by atoms with van der Waals surface area (Å²) in [5.74, 6) is -0.983. The van der Waals surface area contributed by atoms with Crippen LogP contribution in [0.25, 0.3) is 0 Å². The van der Waals surface area contributed by atoms with Crippen LogP contribution in [0.15, 0.2) is 36.5 Å². The van der Waals surface area contributed by atoms with Crippen molar-refractivity contribution in [1.82, 2.24) is 0 Å². The van der Waals surface area contributed by atoms with Gasteiger partial charge in [-0.05, 0) is 64.2 Å². The van der Waals surface area contributed by atoms with E-state index in [4.69, 9.17) is 19.1 Å². The molecule has 0 fully saturated rings. The van der Waals surface area contributed by atoms with E-state index in [0.717, 1.165) is 64.2 Å². The number of hydrogen-bond donors (Lipinski definition) is 3. The summed E-state index contributed by atoms with van der Waals surface area (Å²) >= 11 is 0. The maximum absolute atomic E-state index is 12.6. The van der Waals surface area contributed by atoms with Gasteiger partial charge < -0.3 is 24.6 Å². The smallest absolute Gasteiger partial charge is 0.462 e. The molecule has 3 atom stereocenters. The molecule has 10 nitrogen and oxygen atoms in total. The summed E-state index contributed by atoms with van der Waals surface area (Å²) in [6.45, 7) is 2.30. The van der Waals surface area contributed by atoms with Gasteiger partial charge >= 0.3 is 19.8 Å². The van der Waals surface area contributed by atoms with Crippen LogP contribution in [0.3, 0.4) is 0 Å². The number of phosphoric ester groups is 1. The fourth-order valence-corrected chi connectivity index (χ4v) is 6.96. The van der Waals surface area contributed by atoms with Gasteiger partial charge in [-0.1, -0.05) is 166 Å². The van der Waals surface area contributed by atoms with E-state index >= 15 is 0 Å². The molecule has 0 saturated carbocycles. The Kier molecular flexibility index (Phi) is 41.0. The minimum absolute atomic E-state index is 0.166. The molecule has 0 spiro atoms. The molecule has 11 heteroatoms. The summed E-state index contributed by atoms with van der Waals surface area (Å²) < 4.78 is 32.6. The molecule has 0 saturated heterocycles. The van der Waals surface area contributed by atoms with Gasteiger partial charge in [0.05, 0.1) is 19.8 Å². The Morgan fingerprint density at radius 3 is 1.42 bits per heavy atom. The molecule has 0 aliphatic carbocycles. The van der Waals surface area contributed by atoms with E-state index in [1.807, 2.05) is 0 Å². The van der Waals surface area contributed by atoms with Crippen LogP contribution in [-0.2, 0) is 32.7 Å². The van der Waals surface area contributed by atoms with Gasteiger partial charge in [-0.2, -0.15) is 0 Å². The number of rotatable bonds is 43. The fraction of sp³-hybridized carbons (Fsp3) is 0.826. The summed E-state index contributed by atoms with van der Waals surface area (Å²) in [7, 11) is -4.62. The minimum Gasteiger partial charge on any atom is -0.462 e. The molecule has 0 heterocycles. The molecule has 334 valence electrons. The number of hydrogen-bond acceptors (Lipinski definition) is 9. The third-order valence-corrected chi connectivity index (χ3v) is 10.7. The Balaban J connectivity index is 4.21.